The van der Waals surface area contributed by atoms with E-state index in [1.165, 1.54) is 0 Å². The Labute approximate surface area is 92.6 Å². The summed E-state index contributed by atoms with van der Waals surface area (Å²) in [6, 6.07) is 0. The minimum absolute atomic E-state index is 0.290. The van der Waals surface area contributed by atoms with Crippen LogP contribution in [0.1, 0.15) is 19.3 Å². The van der Waals surface area contributed by atoms with Gasteiger partial charge in [0.1, 0.15) is 12.2 Å². The van der Waals surface area contributed by atoms with E-state index in [1.54, 1.807) is 22.8 Å². The van der Waals surface area contributed by atoms with Gasteiger partial charge in [0.2, 0.25) is 0 Å². The van der Waals surface area contributed by atoms with Gasteiger partial charge in [0, 0.05) is 19.2 Å². The van der Waals surface area contributed by atoms with Gasteiger partial charge in [-0.3, -0.25) is 0 Å². The highest BCUT2D eigenvalue weighted by molar-refractivity contribution is 7.99. The summed E-state index contributed by atoms with van der Waals surface area (Å²) < 4.78 is 1.74. The van der Waals surface area contributed by atoms with Gasteiger partial charge >= 0.3 is 0 Å². The molecule has 0 unspecified atom stereocenters. The highest BCUT2D eigenvalue weighted by atomic mass is 32.2. The van der Waals surface area contributed by atoms with Gasteiger partial charge in [-0.15, -0.1) is 0 Å². The molecule has 1 heterocycles. The summed E-state index contributed by atoms with van der Waals surface area (Å²) in [6.07, 6.45) is 4.10. The maximum Gasteiger partial charge on any atom is 0.185 e. The molecule has 0 aliphatic heterocycles. The Bertz CT molecular complexity index is 325. The van der Waals surface area contributed by atoms with Gasteiger partial charge in [-0.25, -0.2) is 9.67 Å². The largest absolute Gasteiger partial charge is 0.409 e. The molecule has 0 fully saturated rings. The van der Waals surface area contributed by atoms with E-state index in [0.717, 1.165) is 23.8 Å². The Morgan fingerprint density at radius 3 is 3.07 bits per heavy atom. The summed E-state index contributed by atoms with van der Waals surface area (Å²) in [6.45, 7) is 0. The van der Waals surface area contributed by atoms with Crippen LogP contribution in [0, 0.1) is 0 Å². The molecule has 0 saturated carbocycles. The number of nitrogens with zero attached hydrogens (tertiary/aromatic N) is 4. The minimum Gasteiger partial charge on any atom is -0.409 e. The predicted molar refractivity (Wildman–Crippen MR) is 59.0 cm³/mol. The number of unbranched alkanes of at least 4 members (excludes halogenated alkanes) is 1. The van der Waals surface area contributed by atoms with Gasteiger partial charge in [-0.2, -0.15) is 5.10 Å². The summed E-state index contributed by atoms with van der Waals surface area (Å²) in [5.41, 5.74) is 5.34. The Balaban J connectivity index is 2.10. The number of hydrogen-bond acceptors (Lipinski definition) is 5. The zero-order valence-electron chi connectivity index (χ0n) is 8.63. The van der Waals surface area contributed by atoms with Crippen molar-refractivity contribution >= 4 is 17.6 Å². The smallest absolute Gasteiger partial charge is 0.185 e. The number of aromatic nitrogens is 3. The van der Waals surface area contributed by atoms with Crippen LogP contribution in [0.15, 0.2) is 16.6 Å². The average Bonchev–Trinajstić information content (AvgIpc) is 2.63. The fraction of sp³-hybridized carbons (Fsp3) is 0.625. The van der Waals surface area contributed by atoms with Crippen molar-refractivity contribution in [1.82, 2.24) is 14.8 Å². The number of amidine groups is 1. The topological polar surface area (TPSA) is 89.3 Å². The molecule has 0 bridgehead atoms. The number of thioether (sulfide) groups is 1. The molecule has 15 heavy (non-hydrogen) atoms. The molecule has 0 saturated heterocycles. The lowest BCUT2D eigenvalue weighted by Gasteiger charge is -2.00. The number of hydrogen-bond donors (Lipinski definition) is 2. The Hall–Kier alpha value is -1.24. The lowest BCUT2D eigenvalue weighted by Crippen LogP contribution is -2.10. The van der Waals surface area contributed by atoms with Crippen LogP contribution in [0.4, 0.5) is 0 Å². The molecule has 0 radical (unpaired) electrons. The van der Waals surface area contributed by atoms with Crippen molar-refractivity contribution in [3.05, 3.63) is 6.33 Å². The van der Waals surface area contributed by atoms with Crippen molar-refractivity contribution in [2.75, 3.05) is 5.75 Å². The van der Waals surface area contributed by atoms with Gasteiger partial charge in [-0.05, 0) is 12.8 Å². The second-order valence-electron chi connectivity index (χ2n) is 3.06. The summed E-state index contributed by atoms with van der Waals surface area (Å²) in [5.74, 6) is 1.25. The number of rotatable bonds is 6. The van der Waals surface area contributed by atoms with Crippen LogP contribution in [0.5, 0.6) is 0 Å². The number of aryl methyl sites for hydroxylation is 1. The van der Waals surface area contributed by atoms with Gasteiger partial charge < -0.3 is 10.9 Å². The van der Waals surface area contributed by atoms with Crippen LogP contribution >= 0.6 is 11.8 Å². The molecule has 0 spiro atoms. The van der Waals surface area contributed by atoms with Crippen molar-refractivity contribution in [2.45, 2.75) is 24.4 Å². The summed E-state index contributed by atoms with van der Waals surface area (Å²) in [4.78, 5) is 4.09. The Morgan fingerprint density at radius 1 is 1.67 bits per heavy atom. The third kappa shape index (κ3) is 4.20. The van der Waals surface area contributed by atoms with Crippen molar-refractivity contribution in [1.29, 1.82) is 0 Å². The maximum atomic E-state index is 8.31. The highest BCUT2D eigenvalue weighted by Gasteiger charge is 2.00. The molecule has 0 atom stereocenters. The molecule has 84 valence electrons. The van der Waals surface area contributed by atoms with E-state index in [-0.39, 0.29) is 0 Å². The van der Waals surface area contributed by atoms with Crippen LogP contribution < -0.4 is 5.73 Å². The number of nitrogens with two attached hydrogens (primary N) is 1. The molecule has 3 N–H and O–H groups in total. The van der Waals surface area contributed by atoms with E-state index in [1.807, 2.05) is 7.05 Å². The van der Waals surface area contributed by atoms with Crippen LogP contribution in [0.2, 0.25) is 0 Å². The van der Waals surface area contributed by atoms with E-state index >= 15 is 0 Å². The van der Waals surface area contributed by atoms with Gasteiger partial charge in [0.25, 0.3) is 0 Å². The van der Waals surface area contributed by atoms with Crippen LogP contribution in [0.3, 0.4) is 0 Å². The third-order valence-corrected chi connectivity index (χ3v) is 2.98. The second kappa shape index (κ2) is 6.28. The first-order valence-corrected chi connectivity index (χ1v) is 5.66. The monoisotopic (exact) mass is 229 g/mol. The normalized spacial score (nSPS) is 11.9. The molecule has 0 aliphatic rings. The quantitative estimate of drug-likeness (QED) is 0.188. The molecule has 1 rings (SSSR count). The molecule has 0 amide bonds. The van der Waals surface area contributed by atoms with E-state index in [9.17, 15) is 0 Å². The molecular weight excluding hydrogens is 214 g/mol. The summed E-state index contributed by atoms with van der Waals surface area (Å²) in [7, 11) is 1.87. The minimum atomic E-state index is 0.290. The fourth-order valence-corrected chi connectivity index (χ4v) is 1.92. The lowest BCUT2D eigenvalue weighted by molar-refractivity contribution is 0.316. The predicted octanol–water partition coefficient (Wildman–Crippen LogP) is 0.824. The maximum absolute atomic E-state index is 8.31. The zero-order chi connectivity index (χ0) is 11.1. The van der Waals surface area contributed by atoms with Crippen molar-refractivity contribution in [3.63, 3.8) is 0 Å². The van der Waals surface area contributed by atoms with Crippen LogP contribution in [-0.2, 0) is 7.05 Å². The Morgan fingerprint density at radius 2 is 2.47 bits per heavy atom. The standard InChI is InChI=1S/C8H15N5OS/c1-13-8(10-6-11-13)15-5-3-2-4-7(9)12-14/h6,14H,2-5H2,1H3,(H2,9,12). The third-order valence-electron chi connectivity index (χ3n) is 1.86. The van der Waals surface area contributed by atoms with Gasteiger partial charge in [-0.1, -0.05) is 16.9 Å². The van der Waals surface area contributed by atoms with Crippen molar-refractivity contribution in [2.24, 2.45) is 17.9 Å². The highest BCUT2D eigenvalue weighted by Crippen LogP contribution is 2.15. The number of oxime groups is 1. The van der Waals surface area contributed by atoms with Crippen LogP contribution in [0.25, 0.3) is 0 Å². The molecule has 1 aromatic rings. The van der Waals surface area contributed by atoms with E-state index in [2.05, 4.69) is 15.2 Å². The summed E-state index contributed by atoms with van der Waals surface area (Å²) in [5, 5.41) is 16.1. The van der Waals surface area contributed by atoms with E-state index in [0.29, 0.717) is 12.3 Å². The molecule has 0 aromatic carbocycles. The molecule has 0 aliphatic carbocycles. The molecule has 1 aromatic heterocycles. The first-order chi connectivity index (χ1) is 7.24. The average molecular weight is 229 g/mol. The van der Waals surface area contributed by atoms with Crippen LogP contribution in [-0.4, -0.2) is 31.6 Å². The molecule has 7 heteroatoms. The van der Waals surface area contributed by atoms with Gasteiger partial charge in [0.05, 0.1) is 0 Å². The lowest BCUT2D eigenvalue weighted by atomic mass is 10.2. The first-order valence-electron chi connectivity index (χ1n) is 4.67. The van der Waals surface area contributed by atoms with E-state index in [4.69, 9.17) is 10.9 Å². The van der Waals surface area contributed by atoms with E-state index < -0.39 is 0 Å². The zero-order valence-corrected chi connectivity index (χ0v) is 9.44. The first kappa shape index (κ1) is 11.8. The van der Waals surface area contributed by atoms with Crippen molar-refractivity contribution in [3.8, 4) is 0 Å². The SMILES string of the molecule is Cn1ncnc1SCCCCC(N)=NO. The summed E-state index contributed by atoms with van der Waals surface area (Å²) >= 11 is 1.66. The Kier molecular flexibility index (Phi) is 4.96. The fourth-order valence-electron chi connectivity index (χ4n) is 1.04. The van der Waals surface area contributed by atoms with Gasteiger partial charge in [0.15, 0.2) is 5.16 Å². The van der Waals surface area contributed by atoms with Crippen molar-refractivity contribution < 1.29 is 5.21 Å². The molecular formula is C8H15N5OS. The molecule has 6 nitrogen and oxygen atoms in total. The second-order valence-corrected chi connectivity index (χ2v) is 4.13.